The normalized spacial score (nSPS) is 24.9. The average Bonchev–Trinajstić information content (AvgIpc) is 3.65. The van der Waals surface area contributed by atoms with Crippen molar-refractivity contribution in [1.82, 2.24) is 0 Å². The van der Waals surface area contributed by atoms with E-state index in [2.05, 4.69) is 165 Å². The molecule has 0 aromatic heterocycles. The summed E-state index contributed by atoms with van der Waals surface area (Å²) in [5.41, 5.74) is 9.27. The monoisotopic (exact) mass is 920 g/mol. The van der Waals surface area contributed by atoms with Gasteiger partial charge in [-0.25, -0.2) is 0 Å². The van der Waals surface area contributed by atoms with E-state index in [-0.39, 0.29) is 0 Å². The van der Waals surface area contributed by atoms with Crippen LogP contribution in [0.1, 0.15) is 77.6 Å². The van der Waals surface area contributed by atoms with Gasteiger partial charge in [0.15, 0.2) is 0 Å². The SMILES string of the molecule is CC(C)[P+]1(C(C)C)c2ccc3c4c(ccc(c24)[P@@]1(=[Se])[Se-])CC3.CC(C)[P+]1(C(C)C)c2ccc3c4c(ccc(c24)[P@]1(=[Se])[Se-])CC3. The molecule has 4 aromatic carbocycles. The van der Waals surface area contributed by atoms with Crippen molar-refractivity contribution in [2.24, 2.45) is 0 Å². The zero-order chi connectivity index (χ0) is 31.7. The second-order valence-electron chi connectivity index (χ2n) is 14.4. The van der Waals surface area contributed by atoms with Gasteiger partial charge in [0.1, 0.15) is 0 Å². The van der Waals surface area contributed by atoms with Gasteiger partial charge in [-0.2, -0.15) is 0 Å². The molecule has 0 saturated heterocycles. The van der Waals surface area contributed by atoms with Gasteiger partial charge in [0.05, 0.1) is 0 Å². The van der Waals surface area contributed by atoms with Gasteiger partial charge in [-0.05, 0) is 0 Å². The Hall–Kier alpha value is 1.20. The summed E-state index contributed by atoms with van der Waals surface area (Å²) in [5.74, 6) is 0. The molecule has 0 spiro atoms. The standard InChI is InChI=1S/2C18H22P2Se2/c2*1-11(2)19(12(3)4)15-9-7-13-5-6-14-8-10-16(20(19,21)22)18(15)17(13)14/h2*7-12H,5-6H2,1-4H3. The molecule has 2 heterocycles. The summed E-state index contributed by atoms with van der Waals surface area (Å²) in [6, 6.07) is 19.7. The molecule has 4 aromatic rings. The number of rotatable bonds is 4. The molecule has 0 unspecified atom stereocenters. The van der Waals surface area contributed by atoms with Crippen LogP contribution < -0.4 is 21.2 Å². The molecule has 8 rings (SSSR count). The van der Waals surface area contributed by atoms with Crippen LogP contribution in [0, 0.1) is 0 Å². The molecule has 0 amide bonds. The zero-order valence-corrected chi connectivity index (χ0v) is 37.6. The van der Waals surface area contributed by atoms with Crippen molar-refractivity contribution >= 4 is 126 Å². The first-order valence-corrected chi connectivity index (χ1v) is 33.9. The molecule has 2 atom stereocenters. The molecular formula is C36H44P4Se4. The van der Waals surface area contributed by atoms with E-state index < -0.39 is 21.7 Å². The maximum atomic E-state index is 3.74. The van der Waals surface area contributed by atoms with Crippen LogP contribution in [0.5, 0.6) is 0 Å². The fourth-order valence-electron chi connectivity index (χ4n) is 9.82. The minimum atomic E-state index is -1.36. The molecule has 2 aliphatic heterocycles. The first-order chi connectivity index (χ1) is 20.7. The van der Waals surface area contributed by atoms with Crippen LogP contribution in [-0.2, 0) is 25.7 Å². The molecule has 2 aliphatic carbocycles. The Morgan fingerprint density at radius 1 is 0.477 bits per heavy atom. The van der Waals surface area contributed by atoms with Crippen molar-refractivity contribution in [3.63, 3.8) is 0 Å². The molecule has 4 aliphatic rings. The molecular weight excluding hydrogens is 872 g/mol. The van der Waals surface area contributed by atoms with E-state index in [4.69, 9.17) is 0 Å². The van der Waals surface area contributed by atoms with Crippen LogP contribution in [0.2, 0.25) is 0 Å². The van der Waals surface area contributed by atoms with Gasteiger partial charge >= 0.3 is 300 Å². The summed E-state index contributed by atoms with van der Waals surface area (Å²) in [5, 5.41) is 13.3. The first kappa shape index (κ1) is 33.7. The van der Waals surface area contributed by atoms with Crippen molar-refractivity contribution in [3.05, 3.63) is 70.8 Å². The number of hydrogen-bond donors (Lipinski definition) is 0. The molecule has 44 heavy (non-hydrogen) atoms. The fourth-order valence-corrected chi connectivity index (χ4v) is 73.8. The van der Waals surface area contributed by atoms with Gasteiger partial charge < -0.3 is 0 Å². The molecule has 0 nitrogen and oxygen atoms in total. The van der Waals surface area contributed by atoms with Crippen LogP contribution in [0.3, 0.4) is 0 Å². The fraction of sp³-hybridized carbons (Fsp3) is 0.444. The predicted octanol–water partition coefficient (Wildman–Crippen LogP) is 8.27. The van der Waals surface area contributed by atoms with E-state index >= 15 is 0 Å². The first-order valence-electron chi connectivity index (χ1n) is 16.2. The van der Waals surface area contributed by atoms with Crippen LogP contribution in [-0.4, -0.2) is 84.0 Å². The third kappa shape index (κ3) is 4.09. The quantitative estimate of drug-likeness (QED) is 0.143. The molecule has 0 bridgehead atoms. The van der Waals surface area contributed by atoms with Gasteiger partial charge in [-0.3, -0.25) is 0 Å². The van der Waals surface area contributed by atoms with Crippen molar-refractivity contribution in [3.8, 4) is 0 Å². The van der Waals surface area contributed by atoms with Crippen LogP contribution >= 0.6 is 21.7 Å². The topological polar surface area (TPSA) is 0 Å². The van der Waals surface area contributed by atoms with E-state index in [0.717, 1.165) is 22.6 Å². The van der Waals surface area contributed by atoms with Crippen molar-refractivity contribution < 1.29 is 0 Å². The Morgan fingerprint density at radius 3 is 1.02 bits per heavy atom. The van der Waals surface area contributed by atoms with E-state index in [1.165, 1.54) is 25.7 Å². The van der Waals surface area contributed by atoms with E-state index in [1.807, 2.05) is 0 Å². The number of benzene rings is 4. The second-order valence-corrected chi connectivity index (χ2v) is 61.1. The van der Waals surface area contributed by atoms with Crippen molar-refractivity contribution in [2.45, 2.75) is 104 Å². The summed E-state index contributed by atoms with van der Waals surface area (Å²) in [6.07, 6.45) is 4.93. The molecule has 8 heteroatoms. The third-order valence-corrected chi connectivity index (χ3v) is 62.3. The summed E-state index contributed by atoms with van der Waals surface area (Å²) in [7, 11) is 0. The van der Waals surface area contributed by atoms with Crippen molar-refractivity contribution in [2.75, 3.05) is 0 Å². The van der Waals surface area contributed by atoms with Gasteiger partial charge in [-0.15, -0.1) is 0 Å². The molecule has 0 fully saturated rings. The Morgan fingerprint density at radius 2 is 0.750 bits per heavy atom. The zero-order valence-electron chi connectivity index (χ0n) is 27.2. The maximum absolute atomic E-state index is 3.74. The molecule has 0 radical (unpaired) electrons. The van der Waals surface area contributed by atoms with Crippen molar-refractivity contribution in [1.29, 1.82) is 0 Å². The van der Waals surface area contributed by atoms with Gasteiger partial charge in [-0.1, -0.05) is 0 Å². The van der Waals surface area contributed by atoms with E-state index in [0.29, 0.717) is 0 Å². The summed E-state index contributed by atoms with van der Waals surface area (Å²) in [6.45, 7) is 17.2. The van der Waals surface area contributed by atoms with E-state index in [9.17, 15) is 0 Å². The average molecular weight is 916 g/mol. The second kappa shape index (κ2) is 11.4. The van der Waals surface area contributed by atoms with Gasteiger partial charge in [0.2, 0.25) is 0 Å². The Kier molecular flexibility index (Phi) is 8.70. The number of aryl methyl sites for hydroxylation is 4. The van der Waals surface area contributed by atoms with Gasteiger partial charge in [0, 0.05) is 0 Å². The van der Waals surface area contributed by atoms with Gasteiger partial charge in [0.25, 0.3) is 0 Å². The Bertz CT molecular complexity index is 1810. The summed E-state index contributed by atoms with van der Waals surface area (Å²) in [4.78, 5) is 0. The van der Waals surface area contributed by atoms with E-state index in [1.54, 1.807) is 65.0 Å². The third-order valence-electron chi connectivity index (χ3n) is 11.3. The van der Waals surface area contributed by atoms with Crippen LogP contribution in [0.25, 0.3) is 21.5 Å². The Labute approximate surface area is 297 Å². The predicted molar refractivity (Wildman–Crippen MR) is 212 cm³/mol. The molecule has 0 saturated carbocycles. The number of hydrogen-bond acceptors (Lipinski definition) is 0. The summed E-state index contributed by atoms with van der Waals surface area (Å²) >= 11 is 15.0. The summed E-state index contributed by atoms with van der Waals surface area (Å²) < 4.78 is -2.71. The molecule has 232 valence electrons. The molecule has 0 N–H and O–H groups in total. The van der Waals surface area contributed by atoms with Crippen LogP contribution in [0.4, 0.5) is 0 Å². The minimum absolute atomic E-state index is 0.731. The Balaban J connectivity index is 0.000000142. The van der Waals surface area contributed by atoms with Crippen LogP contribution in [0.15, 0.2) is 48.5 Å².